The second-order valence-electron chi connectivity index (χ2n) is 9.49. The lowest BCUT2D eigenvalue weighted by Crippen LogP contribution is -2.36. The maximum absolute atomic E-state index is 5.99. The fraction of sp³-hybridized carbons (Fsp3) is 0.407. The first-order valence-corrected chi connectivity index (χ1v) is 12.4. The highest BCUT2D eigenvalue weighted by molar-refractivity contribution is 7.80. The maximum Gasteiger partial charge on any atom is 0.170 e. The van der Waals surface area contributed by atoms with Gasteiger partial charge in [0.05, 0.1) is 23.9 Å². The summed E-state index contributed by atoms with van der Waals surface area (Å²) in [5, 5.41) is 4.36. The highest BCUT2D eigenvalue weighted by Crippen LogP contribution is 2.42. The zero-order valence-electron chi connectivity index (χ0n) is 20.4. The van der Waals surface area contributed by atoms with Crippen molar-refractivity contribution in [2.24, 2.45) is 0 Å². The lowest BCUT2D eigenvalue weighted by atomic mass is 9.96. The van der Waals surface area contributed by atoms with Crippen LogP contribution >= 0.6 is 12.2 Å². The van der Waals surface area contributed by atoms with Crippen LogP contribution in [-0.2, 0) is 4.74 Å². The van der Waals surface area contributed by atoms with Crippen LogP contribution < -0.4 is 10.2 Å². The van der Waals surface area contributed by atoms with E-state index < -0.39 is 0 Å². The fourth-order valence-corrected chi connectivity index (χ4v) is 5.65. The number of hydrogen-bond acceptors (Lipinski definition) is 4. The highest BCUT2D eigenvalue weighted by atomic mass is 32.1. The molecule has 0 amide bonds. The molecule has 6 nitrogen and oxygen atoms in total. The van der Waals surface area contributed by atoms with Gasteiger partial charge in [0, 0.05) is 56.2 Å². The van der Waals surface area contributed by atoms with Crippen molar-refractivity contribution in [3.63, 3.8) is 0 Å². The van der Waals surface area contributed by atoms with E-state index in [4.69, 9.17) is 17.0 Å². The van der Waals surface area contributed by atoms with Gasteiger partial charge < -0.3 is 24.4 Å². The zero-order chi connectivity index (χ0) is 23.8. The summed E-state index contributed by atoms with van der Waals surface area (Å²) in [5.41, 5.74) is 7.07. The Labute approximate surface area is 207 Å². The van der Waals surface area contributed by atoms with E-state index in [1.165, 1.54) is 28.3 Å². The van der Waals surface area contributed by atoms with E-state index >= 15 is 0 Å². The Bertz CT molecular complexity index is 1150. The van der Waals surface area contributed by atoms with Crippen LogP contribution in [0.25, 0.3) is 5.69 Å². The molecule has 2 fully saturated rings. The van der Waals surface area contributed by atoms with Crippen LogP contribution in [0.5, 0.6) is 0 Å². The van der Waals surface area contributed by atoms with E-state index in [0.29, 0.717) is 0 Å². The van der Waals surface area contributed by atoms with Crippen molar-refractivity contribution < 1.29 is 4.74 Å². The Morgan fingerprint density at radius 2 is 1.94 bits per heavy atom. The van der Waals surface area contributed by atoms with Gasteiger partial charge in [0.15, 0.2) is 5.11 Å². The van der Waals surface area contributed by atoms with Crippen molar-refractivity contribution in [1.82, 2.24) is 19.8 Å². The van der Waals surface area contributed by atoms with Crippen molar-refractivity contribution in [2.45, 2.75) is 44.9 Å². The van der Waals surface area contributed by atoms with E-state index in [1.807, 2.05) is 18.3 Å². The van der Waals surface area contributed by atoms with Crippen LogP contribution in [0.2, 0.25) is 0 Å². The fourth-order valence-electron chi connectivity index (χ4n) is 5.33. The number of nitrogens with one attached hydrogen (secondary N) is 1. The van der Waals surface area contributed by atoms with E-state index in [1.54, 1.807) is 0 Å². The topological polar surface area (TPSA) is 45.6 Å². The molecule has 1 aromatic carbocycles. The van der Waals surface area contributed by atoms with Crippen LogP contribution in [0, 0.1) is 13.8 Å². The average Bonchev–Trinajstić information content (AvgIpc) is 3.54. The summed E-state index contributed by atoms with van der Waals surface area (Å²) in [5.74, 6) is 0. The first kappa shape index (κ1) is 22.9. The number of thiocarbonyl (C=S) groups is 1. The Morgan fingerprint density at radius 3 is 2.59 bits per heavy atom. The minimum absolute atomic E-state index is 0.0137. The van der Waals surface area contributed by atoms with E-state index in [0.717, 1.165) is 36.8 Å². The molecule has 2 saturated heterocycles. The molecule has 5 rings (SSSR count). The first-order chi connectivity index (χ1) is 16.4. The SMILES string of the molecule is Cc1cc([C@H]2[C@H](c3ccccn3)NC(=S)N2C[C@@H]2CCCO2)c(C)n1-c1ccc(N(C)C)cc1. The number of hydrogen-bond donors (Lipinski definition) is 1. The standard InChI is InChI=1S/C27H33N5OS/c1-18-16-23(19(2)32(18)21-12-10-20(11-13-21)30(3)4)26-25(24-9-5-6-14-28-24)29-27(34)31(26)17-22-8-7-15-33-22/h5-6,9-14,16,22,25-26H,7-8,15,17H2,1-4H3,(H,29,34)/t22-,25-,26-/m0/s1. The predicted molar refractivity (Wildman–Crippen MR) is 141 cm³/mol. The molecular formula is C27H33N5OS. The molecule has 0 radical (unpaired) electrons. The molecule has 1 N–H and O–H groups in total. The molecule has 178 valence electrons. The first-order valence-electron chi connectivity index (χ1n) is 12.0. The number of pyridine rings is 1. The minimum Gasteiger partial charge on any atom is -0.378 e. The van der Waals surface area contributed by atoms with Crippen LogP contribution in [0.4, 0.5) is 5.69 Å². The normalized spacial score (nSPS) is 22.3. The monoisotopic (exact) mass is 475 g/mol. The largest absolute Gasteiger partial charge is 0.378 e. The number of anilines is 1. The molecule has 7 heteroatoms. The van der Waals surface area contributed by atoms with E-state index in [9.17, 15) is 0 Å². The quantitative estimate of drug-likeness (QED) is 0.521. The molecule has 3 atom stereocenters. The molecule has 0 aliphatic carbocycles. The van der Waals surface area contributed by atoms with Crippen molar-refractivity contribution in [3.8, 4) is 5.69 Å². The minimum atomic E-state index is -0.0137. The van der Waals surface area contributed by atoms with Gasteiger partial charge in [0.2, 0.25) is 0 Å². The van der Waals surface area contributed by atoms with Gasteiger partial charge >= 0.3 is 0 Å². The lowest BCUT2D eigenvalue weighted by molar-refractivity contribution is 0.0842. The van der Waals surface area contributed by atoms with Gasteiger partial charge in [-0.2, -0.15) is 0 Å². The lowest BCUT2D eigenvalue weighted by Gasteiger charge is -2.30. The number of nitrogens with zero attached hydrogens (tertiary/aromatic N) is 4. The number of benzene rings is 1. The second kappa shape index (κ2) is 9.39. The van der Waals surface area contributed by atoms with Gasteiger partial charge in [0.1, 0.15) is 0 Å². The number of aryl methyl sites for hydroxylation is 1. The van der Waals surface area contributed by atoms with Gasteiger partial charge in [-0.25, -0.2) is 0 Å². The van der Waals surface area contributed by atoms with Crippen molar-refractivity contribution >= 4 is 23.0 Å². The third-order valence-corrected chi connectivity index (χ3v) is 7.39. The second-order valence-corrected chi connectivity index (χ2v) is 9.87. The summed E-state index contributed by atoms with van der Waals surface area (Å²) < 4.78 is 8.34. The molecule has 2 aromatic heterocycles. The Balaban J connectivity index is 1.56. The molecule has 0 bridgehead atoms. The van der Waals surface area contributed by atoms with Crippen molar-refractivity contribution in [2.75, 3.05) is 32.1 Å². The summed E-state index contributed by atoms with van der Waals surface area (Å²) in [7, 11) is 4.13. The maximum atomic E-state index is 5.99. The molecule has 0 spiro atoms. The molecule has 0 saturated carbocycles. The number of ether oxygens (including phenoxy) is 1. The molecule has 0 unspecified atom stereocenters. The summed E-state index contributed by atoms with van der Waals surface area (Å²) in [6.45, 7) is 6.02. The molecular weight excluding hydrogens is 442 g/mol. The van der Waals surface area contributed by atoms with Gasteiger partial charge in [-0.1, -0.05) is 6.07 Å². The van der Waals surface area contributed by atoms with Gasteiger partial charge in [-0.05, 0) is 86.9 Å². The van der Waals surface area contributed by atoms with E-state index in [2.05, 4.69) is 89.0 Å². The third kappa shape index (κ3) is 4.18. The number of aromatic nitrogens is 2. The predicted octanol–water partition coefficient (Wildman–Crippen LogP) is 4.71. The van der Waals surface area contributed by atoms with Crippen LogP contribution in [0.15, 0.2) is 54.7 Å². The molecule has 2 aliphatic heterocycles. The third-order valence-electron chi connectivity index (χ3n) is 7.04. The smallest absolute Gasteiger partial charge is 0.170 e. The number of rotatable bonds is 6. The highest BCUT2D eigenvalue weighted by Gasteiger charge is 2.42. The summed E-state index contributed by atoms with van der Waals surface area (Å²) in [6.07, 6.45) is 4.27. The van der Waals surface area contributed by atoms with E-state index in [-0.39, 0.29) is 18.2 Å². The van der Waals surface area contributed by atoms with Crippen molar-refractivity contribution in [3.05, 3.63) is 77.4 Å². The zero-order valence-corrected chi connectivity index (χ0v) is 21.2. The Hall–Kier alpha value is -2.90. The average molecular weight is 476 g/mol. The summed E-state index contributed by atoms with van der Waals surface area (Å²) in [6, 6.07) is 17.2. The molecule has 34 heavy (non-hydrogen) atoms. The van der Waals surface area contributed by atoms with Crippen LogP contribution in [-0.4, -0.2) is 52.9 Å². The molecule has 4 heterocycles. The molecule has 2 aliphatic rings. The Morgan fingerprint density at radius 1 is 1.15 bits per heavy atom. The Kier molecular flexibility index (Phi) is 6.32. The van der Waals surface area contributed by atoms with Gasteiger partial charge in [0.25, 0.3) is 0 Å². The van der Waals surface area contributed by atoms with Crippen LogP contribution in [0.1, 0.15) is 47.6 Å². The molecule has 3 aromatic rings. The van der Waals surface area contributed by atoms with Crippen LogP contribution in [0.3, 0.4) is 0 Å². The summed E-state index contributed by atoms with van der Waals surface area (Å²) >= 11 is 5.86. The van der Waals surface area contributed by atoms with Crippen molar-refractivity contribution in [1.29, 1.82) is 0 Å². The summed E-state index contributed by atoms with van der Waals surface area (Å²) in [4.78, 5) is 9.14. The van der Waals surface area contributed by atoms with Gasteiger partial charge in [-0.3, -0.25) is 4.98 Å². The van der Waals surface area contributed by atoms with Gasteiger partial charge in [-0.15, -0.1) is 0 Å².